The molecule has 0 fully saturated rings. The van der Waals surface area contributed by atoms with E-state index in [0.29, 0.717) is 29.9 Å². The first kappa shape index (κ1) is 31.0. The number of fused-ring (bicyclic) bond motifs is 2. The molecule has 44 heavy (non-hydrogen) atoms. The average Bonchev–Trinajstić information content (AvgIpc) is 2.98. The molecule has 14 nitrogen and oxygen atoms in total. The van der Waals surface area contributed by atoms with Crippen LogP contribution < -0.4 is 33.0 Å². The number of nitrogens with zero attached hydrogens (tertiary/aromatic N) is 8. The van der Waals surface area contributed by atoms with Crippen LogP contribution in [0.25, 0.3) is 22.3 Å². The minimum absolute atomic E-state index is 0. The standard InChI is InChI=1S/C15H17N7.C14H14N6O.CH4/c1-9-3-5-11(6-4-9)22(2)8-10-7-18-14-12(19-10)13(16)20-15(17)21-14;1-8-2-4-9(5-3-8)16-6-10-7-17-12-11(18-10)13(21)20-14(15)19-12;/h3-7H,8H2,1-2H3,(H4,16,17,18,20,21);2-5,7,16H,6H2,1H3,(H3,15,17,19,20,21);1H4. The summed E-state index contributed by atoms with van der Waals surface area (Å²) in [6, 6.07) is 16.3. The van der Waals surface area contributed by atoms with Crippen LogP contribution in [-0.4, -0.2) is 46.9 Å². The predicted octanol–water partition coefficient (Wildman–Crippen LogP) is 3.38. The number of hydrogen-bond acceptors (Lipinski definition) is 13. The van der Waals surface area contributed by atoms with Gasteiger partial charge in [0.25, 0.3) is 5.56 Å². The zero-order valence-corrected chi connectivity index (χ0v) is 23.9. The number of nitrogen functional groups attached to an aromatic ring is 3. The first-order chi connectivity index (χ1) is 20.6. The number of aryl methyl sites for hydroxylation is 2. The summed E-state index contributed by atoms with van der Waals surface area (Å²) in [6.07, 6.45) is 3.26. The molecular formula is C30H35N13O. The van der Waals surface area contributed by atoms with Gasteiger partial charge in [0, 0.05) is 18.4 Å². The monoisotopic (exact) mass is 593 g/mol. The van der Waals surface area contributed by atoms with Gasteiger partial charge in [0.05, 0.1) is 36.9 Å². The summed E-state index contributed by atoms with van der Waals surface area (Å²) in [5, 5.41) is 3.22. The van der Waals surface area contributed by atoms with Gasteiger partial charge in [-0.1, -0.05) is 42.8 Å². The summed E-state index contributed by atoms with van der Waals surface area (Å²) >= 11 is 0. The van der Waals surface area contributed by atoms with E-state index >= 15 is 0 Å². The van der Waals surface area contributed by atoms with Crippen molar-refractivity contribution in [3.05, 3.63) is 93.8 Å². The Hall–Kier alpha value is -5.92. The molecule has 0 aliphatic rings. The lowest BCUT2D eigenvalue weighted by Gasteiger charge is -2.19. The van der Waals surface area contributed by atoms with Crippen LogP contribution >= 0.6 is 0 Å². The molecular weight excluding hydrogens is 558 g/mol. The minimum Gasteiger partial charge on any atom is -0.382 e. The van der Waals surface area contributed by atoms with Gasteiger partial charge in [-0.25, -0.2) is 19.9 Å². The quantitative estimate of drug-likeness (QED) is 0.187. The van der Waals surface area contributed by atoms with Crippen molar-refractivity contribution in [2.75, 3.05) is 34.5 Å². The van der Waals surface area contributed by atoms with Gasteiger partial charge in [0.15, 0.2) is 28.1 Å². The molecule has 6 aromatic rings. The number of hydrogen-bond donors (Lipinski definition) is 5. The molecule has 6 rings (SSSR count). The van der Waals surface area contributed by atoms with Gasteiger partial charge in [0.1, 0.15) is 0 Å². The Kier molecular flexibility index (Phi) is 9.43. The van der Waals surface area contributed by atoms with Crippen molar-refractivity contribution in [3.63, 3.8) is 0 Å². The molecule has 0 aliphatic heterocycles. The zero-order valence-electron chi connectivity index (χ0n) is 23.9. The van der Waals surface area contributed by atoms with E-state index in [4.69, 9.17) is 17.2 Å². The number of anilines is 5. The van der Waals surface area contributed by atoms with Gasteiger partial charge in [-0.2, -0.15) is 15.0 Å². The molecule has 226 valence electrons. The summed E-state index contributed by atoms with van der Waals surface area (Å²) in [6.45, 7) is 5.17. The molecule has 0 aliphatic carbocycles. The third-order valence-corrected chi connectivity index (χ3v) is 6.39. The Bertz CT molecular complexity index is 1940. The fourth-order valence-corrected chi connectivity index (χ4v) is 4.11. The van der Waals surface area contributed by atoms with E-state index in [2.05, 4.69) is 81.3 Å². The topological polar surface area (TPSA) is 216 Å². The summed E-state index contributed by atoms with van der Waals surface area (Å²) in [4.78, 5) is 45.3. The Morgan fingerprint density at radius 1 is 0.773 bits per heavy atom. The van der Waals surface area contributed by atoms with E-state index in [1.165, 1.54) is 11.1 Å². The fourth-order valence-electron chi connectivity index (χ4n) is 4.11. The van der Waals surface area contributed by atoms with Crippen molar-refractivity contribution in [2.45, 2.75) is 34.4 Å². The second kappa shape index (κ2) is 13.4. The van der Waals surface area contributed by atoms with Crippen LogP contribution in [0.5, 0.6) is 0 Å². The molecule has 0 saturated carbocycles. The smallest absolute Gasteiger partial charge is 0.280 e. The maximum atomic E-state index is 11.8. The third kappa shape index (κ3) is 7.47. The molecule has 0 atom stereocenters. The predicted molar refractivity (Wildman–Crippen MR) is 175 cm³/mol. The van der Waals surface area contributed by atoms with Crippen molar-refractivity contribution in [3.8, 4) is 0 Å². The van der Waals surface area contributed by atoms with E-state index in [-0.39, 0.29) is 41.9 Å². The first-order valence-electron chi connectivity index (χ1n) is 13.3. The van der Waals surface area contributed by atoms with Gasteiger partial charge in [-0.05, 0) is 38.1 Å². The van der Waals surface area contributed by atoms with Gasteiger partial charge in [-0.3, -0.25) is 9.78 Å². The van der Waals surface area contributed by atoms with Crippen molar-refractivity contribution in [2.24, 2.45) is 0 Å². The summed E-state index contributed by atoms with van der Waals surface area (Å²) in [5.41, 5.74) is 23.7. The number of aromatic amines is 1. The lowest BCUT2D eigenvalue weighted by atomic mass is 10.2. The van der Waals surface area contributed by atoms with Crippen molar-refractivity contribution in [1.29, 1.82) is 0 Å². The summed E-state index contributed by atoms with van der Waals surface area (Å²) < 4.78 is 0. The number of H-pyrrole nitrogens is 1. The molecule has 8 N–H and O–H groups in total. The Morgan fingerprint density at radius 3 is 2.05 bits per heavy atom. The second-order valence-electron chi connectivity index (χ2n) is 9.90. The molecule has 0 bridgehead atoms. The van der Waals surface area contributed by atoms with Crippen molar-refractivity contribution in [1.82, 2.24) is 39.9 Å². The van der Waals surface area contributed by atoms with Crippen LogP contribution in [0.1, 0.15) is 29.9 Å². The number of benzene rings is 2. The molecule has 0 saturated heterocycles. The molecule has 0 amide bonds. The highest BCUT2D eigenvalue weighted by Crippen LogP contribution is 2.18. The van der Waals surface area contributed by atoms with Gasteiger partial charge in [0.2, 0.25) is 11.9 Å². The van der Waals surface area contributed by atoms with E-state index in [9.17, 15) is 4.79 Å². The van der Waals surface area contributed by atoms with E-state index in [0.717, 1.165) is 17.1 Å². The molecule has 0 spiro atoms. The largest absolute Gasteiger partial charge is 0.382 e. The Morgan fingerprint density at radius 2 is 1.36 bits per heavy atom. The average molecular weight is 594 g/mol. The molecule has 0 unspecified atom stereocenters. The number of nitrogens with one attached hydrogen (secondary N) is 2. The van der Waals surface area contributed by atoms with Gasteiger partial charge in [-0.15, -0.1) is 0 Å². The lowest BCUT2D eigenvalue weighted by molar-refractivity contribution is 0.881. The van der Waals surface area contributed by atoms with Crippen LogP contribution in [0.4, 0.5) is 29.1 Å². The SMILES string of the molecule is C.Cc1ccc(N(C)Cc2cnc3nc(N)nc(N)c3n2)cc1.Cc1ccc(NCc2cnc3nc(N)[nH]c(=O)c3n2)cc1. The van der Waals surface area contributed by atoms with Crippen molar-refractivity contribution >= 4 is 51.4 Å². The van der Waals surface area contributed by atoms with E-state index < -0.39 is 0 Å². The second-order valence-corrected chi connectivity index (χ2v) is 9.90. The maximum Gasteiger partial charge on any atom is 0.280 e. The maximum absolute atomic E-state index is 11.8. The van der Waals surface area contributed by atoms with Crippen molar-refractivity contribution < 1.29 is 0 Å². The van der Waals surface area contributed by atoms with Gasteiger partial charge < -0.3 is 27.4 Å². The number of rotatable bonds is 6. The number of nitrogens with two attached hydrogens (primary N) is 3. The normalized spacial score (nSPS) is 10.5. The summed E-state index contributed by atoms with van der Waals surface area (Å²) in [7, 11) is 2.00. The third-order valence-electron chi connectivity index (χ3n) is 6.39. The van der Waals surface area contributed by atoms with Crippen LogP contribution in [-0.2, 0) is 13.1 Å². The van der Waals surface area contributed by atoms with Crippen LogP contribution in [0.15, 0.2) is 65.7 Å². The molecule has 0 radical (unpaired) electrons. The highest BCUT2D eigenvalue weighted by molar-refractivity contribution is 5.81. The fraction of sp³-hybridized carbons (Fsp3) is 0.200. The molecule has 14 heteroatoms. The lowest BCUT2D eigenvalue weighted by Crippen LogP contribution is -2.17. The van der Waals surface area contributed by atoms with Crippen LogP contribution in [0, 0.1) is 13.8 Å². The zero-order chi connectivity index (χ0) is 30.5. The highest BCUT2D eigenvalue weighted by atomic mass is 16.1. The molecule has 4 heterocycles. The molecule has 4 aromatic heterocycles. The Balaban J connectivity index is 0.000000197. The summed E-state index contributed by atoms with van der Waals surface area (Å²) in [5.74, 6) is 0.381. The first-order valence-corrected chi connectivity index (χ1v) is 13.3. The number of aromatic nitrogens is 8. The molecule has 2 aromatic carbocycles. The van der Waals surface area contributed by atoms with E-state index in [1.54, 1.807) is 12.4 Å². The highest BCUT2D eigenvalue weighted by Gasteiger charge is 2.10. The van der Waals surface area contributed by atoms with Gasteiger partial charge >= 0.3 is 0 Å². The van der Waals surface area contributed by atoms with Crippen LogP contribution in [0.3, 0.4) is 0 Å². The minimum atomic E-state index is -0.387. The van der Waals surface area contributed by atoms with Crippen LogP contribution in [0.2, 0.25) is 0 Å². The Labute approximate surface area is 253 Å². The van der Waals surface area contributed by atoms with E-state index in [1.807, 2.05) is 38.2 Å².